The minimum Gasteiger partial charge on any atom is -0.348 e. The molecule has 0 fully saturated rings. The fraction of sp³-hybridized carbons (Fsp3) is 0.194. The van der Waals surface area contributed by atoms with Crippen LogP contribution in [0.25, 0.3) is 23.0 Å². The molecule has 8 nitrogen and oxygen atoms in total. The summed E-state index contributed by atoms with van der Waals surface area (Å²) < 4.78 is 46.7. The molecule has 0 saturated carbocycles. The maximum absolute atomic E-state index is 13.4. The molecule has 5 rings (SSSR count). The molecule has 0 aliphatic rings. The minimum absolute atomic E-state index is 0.0347. The fourth-order valence-corrected chi connectivity index (χ4v) is 4.18. The molecule has 1 amide bonds. The molecule has 0 aliphatic heterocycles. The molecule has 0 aliphatic carbocycles. The van der Waals surface area contributed by atoms with Gasteiger partial charge in [-0.05, 0) is 48.7 Å². The molecule has 1 N–H and O–H groups in total. The molecule has 3 aromatic carbocycles. The lowest BCUT2D eigenvalue weighted by atomic mass is 9.83. The number of amides is 1. The Labute approximate surface area is 238 Å². The van der Waals surface area contributed by atoms with Crippen molar-refractivity contribution in [1.29, 1.82) is 0 Å². The summed E-state index contributed by atoms with van der Waals surface area (Å²) in [6.45, 7) is 2.71. The third kappa shape index (κ3) is 6.14. The van der Waals surface area contributed by atoms with Crippen molar-refractivity contribution in [3.8, 4) is 23.0 Å². The van der Waals surface area contributed by atoms with Gasteiger partial charge in [-0.2, -0.15) is 23.3 Å². The maximum Gasteiger partial charge on any atom is 0.397 e. The van der Waals surface area contributed by atoms with E-state index in [1.807, 2.05) is 30.3 Å². The summed E-state index contributed by atoms with van der Waals surface area (Å²) in [6.07, 6.45) is -4.40. The molecule has 0 bridgehead atoms. The van der Waals surface area contributed by atoms with Gasteiger partial charge < -0.3 is 9.84 Å². The topological polar surface area (TPSA) is 103 Å². The minimum atomic E-state index is -4.40. The Morgan fingerprint density at radius 1 is 0.905 bits per heavy atom. The van der Waals surface area contributed by atoms with Gasteiger partial charge in [-0.15, -0.1) is 0 Å². The number of halogens is 3. The van der Waals surface area contributed by atoms with E-state index >= 15 is 0 Å². The average molecular weight is 574 g/mol. The Morgan fingerprint density at radius 2 is 1.62 bits per heavy atom. The van der Waals surface area contributed by atoms with Gasteiger partial charge in [-0.1, -0.05) is 71.9 Å². The van der Waals surface area contributed by atoms with E-state index in [0.29, 0.717) is 23.2 Å². The van der Waals surface area contributed by atoms with E-state index in [-0.39, 0.29) is 41.0 Å². The molecule has 0 saturated heterocycles. The highest BCUT2D eigenvalue weighted by Crippen LogP contribution is 2.40. The van der Waals surface area contributed by atoms with Gasteiger partial charge in [-0.3, -0.25) is 9.59 Å². The molecule has 11 heteroatoms. The third-order valence-electron chi connectivity index (χ3n) is 6.90. The average Bonchev–Trinajstić information content (AvgIpc) is 3.48. The van der Waals surface area contributed by atoms with Gasteiger partial charge in [0.2, 0.25) is 5.82 Å². The van der Waals surface area contributed by atoms with E-state index in [1.165, 1.54) is 41.1 Å². The van der Waals surface area contributed by atoms with Crippen LogP contribution in [0, 0.1) is 0 Å². The van der Waals surface area contributed by atoms with E-state index in [9.17, 15) is 22.8 Å². The van der Waals surface area contributed by atoms with Gasteiger partial charge in [0.25, 0.3) is 17.4 Å². The lowest BCUT2D eigenvalue weighted by Gasteiger charge is -2.28. The third-order valence-corrected chi connectivity index (χ3v) is 6.90. The van der Waals surface area contributed by atoms with Crippen molar-refractivity contribution < 1.29 is 22.5 Å². The smallest absolute Gasteiger partial charge is 0.348 e. The van der Waals surface area contributed by atoms with Crippen molar-refractivity contribution >= 4 is 5.91 Å². The van der Waals surface area contributed by atoms with Gasteiger partial charge in [0.05, 0.1) is 12.0 Å². The predicted octanol–water partition coefficient (Wildman–Crippen LogP) is 5.78. The summed E-state index contributed by atoms with van der Waals surface area (Å²) in [7, 11) is 0. The molecular weight excluding hydrogens is 547 g/mol. The molecule has 5 aromatic rings. The Morgan fingerprint density at radius 3 is 2.33 bits per heavy atom. The number of aromatic nitrogens is 4. The molecule has 2 heterocycles. The van der Waals surface area contributed by atoms with Crippen LogP contribution in [0.1, 0.15) is 40.9 Å². The number of nitrogens with one attached hydrogen (secondary N) is 1. The van der Waals surface area contributed by atoms with E-state index in [0.717, 1.165) is 19.4 Å². The summed E-state index contributed by atoms with van der Waals surface area (Å²) in [6, 6.07) is 24.9. The number of carbonyl (C=O) groups is 1. The highest BCUT2D eigenvalue weighted by Gasteiger charge is 2.48. The lowest BCUT2D eigenvalue weighted by Crippen LogP contribution is -2.36. The van der Waals surface area contributed by atoms with Crippen LogP contribution >= 0.6 is 0 Å². The fourth-order valence-electron chi connectivity index (χ4n) is 4.18. The zero-order valence-electron chi connectivity index (χ0n) is 22.7. The molecule has 42 heavy (non-hydrogen) atoms. The van der Waals surface area contributed by atoms with Gasteiger partial charge >= 0.3 is 6.18 Å². The van der Waals surface area contributed by atoms with Crippen LogP contribution in [0.3, 0.4) is 0 Å². The molecule has 2 aromatic heterocycles. The first-order valence-electron chi connectivity index (χ1n) is 13.0. The van der Waals surface area contributed by atoms with Crippen molar-refractivity contribution in [2.75, 3.05) is 0 Å². The first-order chi connectivity index (χ1) is 20.0. The molecular formula is C31H26F3N5O3. The van der Waals surface area contributed by atoms with E-state index in [2.05, 4.69) is 20.6 Å². The second-order valence-electron chi connectivity index (χ2n) is 10.2. The maximum atomic E-state index is 13.4. The lowest BCUT2D eigenvalue weighted by molar-refractivity contribution is -0.180. The summed E-state index contributed by atoms with van der Waals surface area (Å²) in [5, 5.41) is 11.2. The summed E-state index contributed by atoms with van der Waals surface area (Å²) in [5.41, 5.74) is 0.510. The molecule has 0 spiro atoms. The van der Waals surface area contributed by atoms with Crippen LogP contribution in [-0.4, -0.2) is 32.0 Å². The number of hydrogen-bond donors (Lipinski definition) is 1. The van der Waals surface area contributed by atoms with Crippen molar-refractivity contribution in [2.24, 2.45) is 0 Å². The quantitative estimate of drug-likeness (QED) is 0.253. The van der Waals surface area contributed by atoms with Gasteiger partial charge in [0.1, 0.15) is 5.69 Å². The Balaban J connectivity index is 1.31. The zero-order chi connectivity index (χ0) is 29.9. The Bertz CT molecular complexity index is 1760. The first kappa shape index (κ1) is 28.5. The number of carbonyl (C=O) groups excluding carboxylic acids is 1. The number of nitrogens with zero attached hydrogens (tertiary/aromatic N) is 4. The van der Waals surface area contributed by atoms with Crippen LogP contribution in [-0.2, 0) is 18.5 Å². The normalized spacial score (nSPS) is 11.8. The summed E-state index contributed by atoms with van der Waals surface area (Å²) >= 11 is 0. The van der Waals surface area contributed by atoms with Crippen LogP contribution in [0.4, 0.5) is 13.2 Å². The number of hydrogen-bond acceptors (Lipinski definition) is 6. The molecule has 0 atom stereocenters. The Hall–Kier alpha value is -5.06. The van der Waals surface area contributed by atoms with Crippen LogP contribution in [0.5, 0.6) is 0 Å². The van der Waals surface area contributed by atoms with Gasteiger partial charge in [0, 0.05) is 23.7 Å². The molecule has 0 unspecified atom stereocenters. The number of benzene rings is 3. The first-order valence-corrected chi connectivity index (χ1v) is 13.0. The van der Waals surface area contributed by atoms with Gasteiger partial charge in [-0.25, -0.2) is 4.68 Å². The van der Waals surface area contributed by atoms with Crippen molar-refractivity contribution in [3.63, 3.8) is 0 Å². The molecule has 0 radical (unpaired) electrons. The largest absolute Gasteiger partial charge is 0.397 e. The van der Waals surface area contributed by atoms with Crippen LogP contribution in [0.2, 0.25) is 0 Å². The van der Waals surface area contributed by atoms with Crippen LogP contribution in [0.15, 0.2) is 100 Å². The van der Waals surface area contributed by atoms with Crippen molar-refractivity contribution in [2.45, 2.75) is 38.5 Å². The second kappa shape index (κ2) is 11.4. The zero-order valence-corrected chi connectivity index (χ0v) is 22.7. The highest BCUT2D eigenvalue weighted by atomic mass is 19.4. The standard InChI is InChI=1S/C31H26F3N5O3/c1-30(2,31(32,33)34)24-13-11-22(12-14-24)27-36-29(42-38-27)25-15-16-26(40)39(37-25)19-21-9-6-10-23(17-21)28(41)35-18-20-7-4-3-5-8-20/h3-17H,18-19H2,1-2H3,(H,35,41). The summed E-state index contributed by atoms with van der Waals surface area (Å²) in [5.74, 6) is -0.0502. The SMILES string of the molecule is CC(C)(c1ccc(-c2noc(-c3ccc(=O)n(Cc4cccc(C(=O)NCc5ccccc5)c4)n3)n2)cc1)C(F)(F)F. The Kier molecular flexibility index (Phi) is 7.75. The van der Waals surface area contributed by atoms with E-state index < -0.39 is 11.6 Å². The highest BCUT2D eigenvalue weighted by molar-refractivity contribution is 5.94. The van der Waals surface area contributed by atoms with Crippen LogP contribution < -0.4 is 10.9 Å². The number of rotatable bonds is 8. The predicted molar refractivity (Wildman–Crippen MR) is 149 cm³/mol. The number of alkyl halides is 3. The molecule has 214 valence electrons. The monoisotopic (exact) mass is 573 g/mol. The van der Waals surface area contributed by atoms with Gasteiger partial charge in [0.15, 0.2) is 0 Å². The van der Waals surface area contributed by atoms with E-state index in [4.69, 9.17) is 4.52 Å². The van der Waals surface area contributed by atoms with Crippen molar-refractivity contribution in [3.05, 3.63) is 124 Å². The second-order valence-corrected chi connectivity index (χ2v) is 10.2. The summed E-state index contributed by atoms with van der Waals surface area (Å²) in [4.78, 5) is 29.6. The van der Waals surface area contributed by atoms with Crippen molar-refractivity contribution in [1.82, 2.24) is 25.2 Å². The van der Waals surface area contributed by atoms with E-state index in [1.54, 1.807) is 24.3 Å².